The Bertz CT molecular complexity index is 573. The first-order valence-corrected chi connectivity index (χ1v) is 7.43. The van der Waals surface area contributed by atoms with Gasteiger partial charge in [-0.2, -0.15) is 0 Å². The summed E-state index contributed by atoms with van der Waals surface area (Å²) in [6, 6.07) is 2.24. The number of thiophene rings is 1. The van der Waals surface area contributed by atoms with Crippen molar-refractivity contribution >= 4 is 17.2 Å². The smallest absolute Gasteiger partial charge is 0.186 e. The monoisotopic (exact) mass is 277 g/mol. The number of nitrogens with one attached hydrogen (secondary N) is 1. The van der Waals surface area contributed by atoms with Gasteiger partial charge in [-0.1, -0.05) is 6.92 Å². The zero-order chi connectivity index (χ0) is 13.2. The van der Waals surface area contributed by atoms with Gasteiger partial charge in [0.15, 0.2) is 11.6 Å². The van der Waals surface area contributed by atoms with Crippen LogP contribution in [0.1, 0.15) is 34.4 Å². The number of rotatable bonds is 4. The predicted octanol–water partition coefficient (Wildman–Crippen LogP) is 3.34. The molecule has 0 atom stereocenters. The molecule has 0 spiro atoms. The molecule has 1 aliphatic rings. The molecule has 1 N–H and O–H groups in total. The van der Waals surface area contributed by atoms with E-state index in [2.05, 4.69) is 21.4 Å². The molecule has 2 heterocycles. The highest BCUT2D eigenvalue weighted by Gasteiger charge is 2.15. The van der Waals surface area contributed by atoms with Gasteiger partial charge < -0.3 is 5.32 Å². The van der Waals surface area contributed by atoms with Gasteiger partial charge in [0.05, 0.1) is 12.2 Å². The lowest BCUT2D eigenvalue weighted by molar-refractivity contribution is 0.597. The van der Waals surface area contributed by atoms with E-state index in [9.17, 15) is 4.39 Å². The highest BCUT2D eigenvalue weighted by atomic mass is 32.1. The third-order valence-electron chi connectivity index (χ3n) is 3.42. The average molecular weight is 277 g/mol. The van der Waals surface area contributed by atoms with Gasteiger partial charge in [-0.15, -0.1) is 11.3 Å². The van der Waals surface area contributed by atoms with Crippen LogP contribution in [0.4, 0.5) is 10.2 Å². The number of nitrogens with zero attached hydrogens (tertiary/aromatic N) is 2. The lowest BCUT2D eigenvalue weighted by Crippen LogP contribution is -2.06. The summed E-state index contributed by atoms with van der Waals surface area (Å²) in [6.45, 7) is 2.52. The molecular formula is C14H16FN3S. The fourth-order valence-corrected chi connectivity index (χ4v) is 3.63. The van der Waals surface area contributed by atoms with E-state index in [0.717, 1.165) is 0 Å². The topological polar surface area (TPSA) is 37.8 Å². The Morgan fingerprint density at radius 3 is 3.05 bits per heavy atom. The van der Waals surface area contributed by atoms with Crippen LogP contribution < -0.4 is 5.32 Å². The fourth-order valence-electron chi connectivity index (χ4n) is 2.42. The number of halogens is 1. The lowest BCUT2D eigenvalue weighted by Gasteiger charge is -2.07. The molecule has 5 heteroatoms. The van der Waals surface area contributed by atoms with E-state index >= 15 is 0 Å². The number of aryl methyl sites for hydroxylation is 3. The first kappa shape index (κ1) is 12.5. The fraction of sp³-hybridized carbons (Fsp3) is 0.429. The molecule has 0 radical (unpaired) electrons. The quantitative estimate of drug-likeness (QED) is 0.931. The van der Waals surface area contributed by atoms with Crippen molar-refractivity contribution in [1.29, 1.82) is 0 Å². The van der Waals surface area contributed by atoms with Crippen LogP contribution in [0.25, 0.3) is 0 Å². The zero-order valence-corrected chi connectivity index (χ0v) is 11.7. The first-order valence-electron chi connectivity index (χ1n) is 6.61. The molecule has 0 aliphatic heterocycles. The maximum absolute atomic E-state index is 14.0. The van der Waals surface area contributed by atoms with Crippen molar-refractivity contribution in [3.05, 3.63) is 39.2 Å². The van der Waals surface area contributed by atoms with Crippen molar-refractivity contribution in [2.45, 2.75) is 39.2 Å². The second kappa shape index (κ2) is 5.25. The Labute approximate surface area is 115 Å². The van der Waals surface area contributed by atoms with Gasteiger partial charge in [0, 0.05) is 9.75 Å². The van der Waals surface area contributed by atoms with Gasteiger partial charge in [0.25, 0.3) is 0 Å². The molecule has 3 rings (SSSR count). The maximum atomic E-state index is 14.0. The number of fused-ring (bicyclic) bond motifs is 1. The summed E-state index contributed by atoms with van der Waals surface area (Å²) in [6.07, 6.45) is 5.65. The summed E-state index contributed by atoms with van der Waals surface area (Å²) in [5.41, 5.74) is 1.94. The number of aromatic nitrogens is 2. The van der Waals surface area contributed by atoms with Gasteiger partial charge >= 0.3 is 0 Å². The molecule has 0 saturated carbocycles. The molecule has 100 valence electrons. The molecule has 3 nitrogen and oxygen atoms in total. The highest BCUT2D eigenvalue weighted by Crippen LogP contribution is 2.31. The molecule has 19 heavy (non-hydrogen) atoms. The predicted molar refractivity (Wildman–Crippen MR) is 75.0 cm³/mol. The third kappa shape index (κ3) is 2.47. The minimum absolute atomic E-state index is 0.306. The Hall–Kier alpha value is -1.49. The van der Waals surface area contributed by atoms with Crippen LogP contribution in [-0.2, 0) is 25.8 Å². The van der Waals surface area contributed by atoms with E-state index in [1.165, 1.54) is 40.9 Å². The van der Waals surface area contributed by atoms with E-state index in [1.807, 2.05) is 18.3 Å². The van der Waals surface area contributed by atoms with E-state index in [4.69, 9.17) is 0 Å². The van der Waals surface area contributed by atoms with E-state index in [1.54, 1.807) is 0 Å². The van der Waals surface area contributed by atoms with E-state index < -0.39 is 0 Å². The summed E-state index contributed by atoms with van der Waals surface area (Å²) < 4.78 is 14.0. The normalized spacial score (nSPS) is 13.6. The summed E-state index contributed by atoms with van der Waals surface area (Å²) in [5.74, 6) is -0.0190. The highest BCUT2D eigenvalue weighted by molar-refractivity contribution is 7.12. The van der Waals surface area contributed by atoms with Crippen LogP contribution in [0, 0.1) is 5.82 Å². The van der Waals surface area contributed by atoms with Gasteiger partial charge in [0.2, 0.25) is 0 Å². The van der Waals surface area contributed by atoms with Crippen LogP contribution in [0.2, 0.25) is 0 Å². The largest absolute Gasteiger partial charge is 0.363 e. The molecule has 0 saturated heterocycles. The Balaban J connectivity index is 1.72. The van der Waals surface area contributed by atoms with Crippen molar-refractivity contribution < 1.29 is 4.39 Å². The second-order valence-electron chi connectivity index (χ2n) is 4.70. The first-order chi connectivity index (χ1) is 9.28. The molecule has 2 aromatic heterocycles. The van der Waals surface area contributed by atoms with Crippen molar-refractivity contribution in [2.75, 3.05) is 5.32 Å². The molecule has 0 aromatic carbocycles. The zero-order valence-electron chi connectivity index (χ0n) is 10.9. The summed E-state index contributed by atoms with van der Waals surface area (Å²) in [7, 11) is 0. The minimum atomic E-state index is -0.325. The molecule has 0 fully saturated rings. The van der Waals surface area contributed by atoms with Crippen LogP contribution in [0.15, 0.2) is 12.4 Å². The molecular weight excluding hydrogens is 261 g/mol. The van der Waals surface area contributed by atoms with Gasteiger partial charge in [-0.25, -0.2) is 14.4 Å². The maximum Gasteiger partial charge on any atom is 0.186 e. The van der Waals surface area contributed by atoms with E-state index in [-0.39, 0.29) is 5.82 Å². The van der Waals surface area contributed by atoms with Gasteiger partial charge in [-0.05, 0) is 37.3 Å². The number of anilines is 1. The van der Waals surface area contributed by atoms with Crippen molar-refractivity contribution in [3.8, 4) is 0 Å². The molecule has 1 aliphatic carbocycles. The Kier molecular flexibility index (Phi) is 3.46. The van der Waals surface area contributed by atoms with Crippen LogP contribution in [-0.4, -0.2) is 9.97 Å². The van der Waals surface area contributed by atoms with Crippen LogP contribution in [0.5, 0.6) is 0 Å². The third-order valence-corrected chi connectivity index (χ3v) is 4.66. The number of hydrogen-bond donors (Lipinski definition) is 1. The van der Waals surface area contributed by atoms with E-state index in [0.29, 0.717) is 24.5 Å². The van der Waals surface area contributed by atoms with Crippen molar-refractivity contribution in [1.82, 2.24) is 9.97 Å². The molecule has 0 bridgehead atoms. The minimum Gasteiger partial charge on any atom is -0.363 e. The van der Waals surface area contributed by atoms with Crippen LogP contribution >= 0.6 is 11.3 Å². The summed E-state index contributed by atoms with van der Waals surface area (Å²) in [5, 5.41) is 3.08. The second-order valence-corrected chi connectivity index (χ2v) is 5.93. The Morgan fingerprint density at radius 2 is 2.26 bits per heavy atom. The molecule has 2 aromatic rings. The summed E-state index contributed by atoms with van der Waals surface area (Å²) in [4.78, 5) is 10.6. The van der Waals surface area contributed by atoms with Crippen molar-refractivity contribution in [2.24, 2.45) is 0 Å². The van der Waals surface area contributed by atoms with Crippen LogP contribution in [0.3, 0.4) is 0 Å². The Morgan fingerprint density at radius 1 is 1.37 bits per heavy atom. The number of hydrogen-bond acceptors (Lipinski definition) is 4. The standard InChI is InChI=1S/C14H16FN3S/c1-2-11-13(15)14(18-8-17-11)16-7-10-6-9-4-3-5-12(9)19-10/h6,8H,2-5,7H2,1H3,(H,16,17,18). The van der Waals surface area contributed by atoms with Crippen molar-refractivity contribution in [3.63, 3.8) is 0 Å². The van der Waals surface area contributed by atoms with Gasteiger partial charge in [0.1, 0.15) is 6.33 Å². The summed E-state index contributed by atoms with van der Waals surface area (Å²) >= 11 is 1.83. The molecule has 0 amide bonds. The SMILES string of the molecule is CCc1ncnc(NCc2cc3c(s2)CCC3)c1F. The van der Waals surface area contributed by atoms with Gasteiger partial charge in [-0.3, -0.25) is 0 Å². The molecule has 0 unspecified atom stereocenters. The average Bonchev–Trinajstić information content (AvgIpc) is 2.98. The lowest BCUT2D eigenvalue weighted by atomic mass is 10.2.